The topological polar surface area (TPSA) is 23.5 Å². The summed E-state index contributed by atoms with van der Waals surface area (Å²) in [5.74, 6) is 0. The van der Waals surface area contributed by atoms with Gasteiger partial charge < -0.3 is 5.11 Å². The van der Waals surface area contributed by atoms with Crippen LogP contribution >= 0.6 is 11.3 Å². The van der Waals surface area contributed by atoms with Gasteiger partial charge in [-0.05, 0) is 56.1 Å². The Hall–Kier alpha value is -1.94. The second-order valence-electron chi connectivity index (χ2n) is 7.60. The van der Waals surface area contributed by atoms with Crippen molar-refractivity contribution in [2.24, 2.45) is 0 Å². The fraction of sp³-hybridized carbons (Fsp3) is 0.333. The molecular formula is C24H27NOS. The maximum Gasteiger partial charge on any atom is 0.0492 e. The van der Waals surface area contributed by atoms with E-state index in [1.54, 1.807) is 0 Å². The van der Waals surface area contributed by atoms with E-state index in [2.05, 4.69) is 79.7 Å². The van der Waals surface area contributed by atoms with Crippen LogP contribution in [0.15, 0.2) is 60.7 Å². The summed E-state index contributed by atoms with van der Waals surface area (Å²) in [6.07, 6.45) is 6.38. The predicted octanol–water partition coefficient (Wildman–Crippen LogP) is 5.46. The van der Waals surface area contributed by atoms with Gasteiger partial charge in [0.05, 0.1) is 0 Å². The third kappa shape index (κ3) is 3.25. The lowest BCUT2D eigenvalue weighted by Gasteiger charge is -2.43. The molecule has 27 heavy (non-hydrogen) atoms. The number of hydrogen-bond donors (Lipinski definition) is 1. The third-order valence-electron chi connectivity index (χ3n) is 5.99. The van der Waals surface area contributed by atoms with E-state index in [1.807, 2.05) is 11.3 Å². The van der Waals surface area contributed by atoms with Gasteiger partial charge in [0.15, 0.2) is 0 Å². The molecule has 0 radical (unpaired) electrons. The minimum absolute atomic E-state index is 0.0632. The molecule has 1 N–H and O–H groups in total. The second kappa shape index (κ2) is 7.59. The molecule has 1 unspecified atom stereocenters. The molecule has 0 spiro atoms. The van der Waals surface area contributed by atoms with Crippen molar-refractivity contribution in [3.05, 3.63) is 76.7 Å². The molecule has 3 heteroatoms. The van der Waals surface area contributed by atoms with Crippen LogP contribution in [0.3, 0.4) is 0 Å². The van der Waals surface area contributed by atoms with E-state index >= 15 is 0 Å². The van der Waals surface area contributed by atoms with Crippen molar-refractivity contribution < 1.29 is 5.11 Å². The van der Waals surface area contributed by atoms with Crippen LogP contribution in [-0.2, 0) is 12.0 Å². The van der Waals surface area contributed by atoms with E-state index in [4.69, 9.17) is 0 Å². The summed E-state index contributed by atoms with van der Waals surface area (Å²) < 4.78 is 1.32. The number of benzene rings is 2. The molecule has 2 nitrogen and oxygen atoms in total. The zero-order valence-electron chi connectivity index (χ0n) is 16.1. The van der Waals surface area contributed by atoms with E-state index < -0.39 is 0 Å². The molecule has 140 valence electrons. The van der Waals surface area contributed by atoms with Crippen LogP contribution < -0.4 is 0 Å². The van der Waals surface area contributed by atoms with Gasteiger partial charge in [-0.15, -0.1) is 11.3 Å². The predicted molar refractivity (Wildman–Crippen MR) is 116 cm³/mol. The largest absolute Gasteiger partial charge is 0.396 e. The Morgan fingerprint density at radius 1 is 1.04 bits per heavy atom. The number of aliphatic hydroxyl groups excluding tert-OH is 1. The first kappa shape index (κ1) is 18.4. The van der Waals surface area contributed by atoms with Crippen LogP contribution in [0.25, 0.3) is 15.7 Å². The van der Waals surface area contributed by atoms with Crippen molar-refractivity contribution in [1.29, 1.82) is 0 Å². The van der Waals surface area contributed by atoms with E-state index in [1.165, 1.54) is 31.7 Å². The molecule has 1 aliphatic carbocycles. The molecule has 0 saturated heterocycles. The molecule has 1 aromatic heterocycles. The normalized spacial score (nSPS) is 20.2. The number of aliphatic hydroxyl groups is 1. The molecule has 2 aromatic carbocycles. The van der Waals surface area contributed by atoms with Crippen LogP contribution in [0.1, 0.15) is 35.3 Å². The number of allylic oxidation sites excluding steroid dienone is 1. The highest BCUT2D eigenvalue weighted by molar-refractivity contribution is 7.19. The Labute approximate surface area is 165 Å². The SMILES string of the molecule is CN(C)C1(c2ccccc2)CC=C(c2c(CCO)sc3ccccc23)CC1. The van der Waals surface area contributed by atoms with Crippen LogP contribution in [0.2, 0.25) is 0 Å². The first-order valence-corrected chi connectivity index (χ1v) is 10.5. The summed E-state index contributed by atoms with van der Waals surface area (Å²) in [6.45, 7) is 0.207. The minimum atomic E-state index is 0.0632. The molecule has 0 bridgehead atoms. The molecule has 0 amide bonds. The second-order valence-corrected chi connectivity index (χ2v) is 8.73. The molecule has 0 saturated carbocycles. The third-order valence-corrected chi connectivity index (χ3v) is 7.22. The molecule has 0 fully saturated rings. The summed E-state index contributed by atoms with van der Waals surface area (Å²) in [5.41, 5.74) is 4.29. The molecule has 1 aliphatic rings. The van der Waals surface area contributed by atoms with Gasteiger partial charge in [0.2, 0.25) is 0 Å². The maximum absolute atomic E-state index is 9.55. The highest BCUT2D eigenvalue weighted by atomic mass is 32.1. The summed E-state index contributed by atoms with van der Waals surface area (Å²) in [5, 5.41) is 10.9. The highest BCUT2D eigenvalue weighted by Crippen LogP contribution is 2.46. The van der Waals surface area contributed by atoms with E-state index in [0.29, 0.717) is 0 Å². The Morgan fingerprint density at radius 3 is 2.44 bits per heavy atom. The van der Waals surface area contributed by atoms with Crippen LogP contribution in [0, 0.1) is 0 Å². The highest BCUT2D eigenvalue weighted by Gasteiger charge is 2.36. The molecular weight excluding hydrogens is 350 g/mol. The van der Waals surface area contributed by atoms with Crippen LogP contribution in [-0.4, -0.2) is 30.7 Å². The van der Waals surface area contributed by atoms with Crippen molar-refractivity contribution in [1.82, 2.24) is 4.90 Å². The average molecular weight is 378 g/mol. The quantitative estimate of drug-likeness (QED) is 0.638. The van der Waals surface area contributed by atoms with E-state index in [9.17, 15) is 5.11 Å². The van der Waals surface area contributed by atoms with Crippen molar-refractivity contribution >= 4 is 27.0 Å². The maximum atomic E-state index is 9.55. The zero-order chi connectivity index (χ0) is 18.9. The smallest absolute Gasteiger partial charge is 0.0492 e. The lowest BCUT2D eigenvalue weighted by Crippen LogP contribution is -2.42. The lowest BCUT2D eigenvalue weighted by atomic mass is 9.75. The van der Waals surface area contributed by atoms with Gasteiger partial charge in [0, 0.05) is 33.5 Å². The van der Waals surface area contributed by atoms with E-state index in [-0.39, 0.29) is 12.1 Å². The number of fused-ring (bicyclic) bond motifs is 1. The van der Waals surface area contributed by atoms with Gasteiger partial charge in [-0.2, -0.15) is 0 Å². The molecule has 3 aromatic rings. The standard InChI is InChI=1S/C24H27NOS/c1-25(2)24(19-8-4-3-5-9-19)15-12-18(13-16-24)23-20-10-6-7-11-21(20)27-22(23)14-17-26/h3-12,26H,13-17H2,1-2H3. The summed E-state index contributed by atoms with van der Waals surface area (Å²) in [6, 6.07) is 19.6. The summed E-state index contributed by atoms with van der Waals surface area (Å²) >= 11 is 1.83. The Bertz CT molecular complexity index is 957. The number of rotatable bonds is 5. The molecule has 4 rings (SSSR count). The zero-order valence-corrected chi connectivity index (χ0v) is 16.9. The van der Waals surface area contributed by atoms with Gasteiger partial charge in [-0.25, -0.2) is 0 Å². The van der Waals surface area contributed by atoms with E-state index in [0.717, 1.165) is 25.7 Å². The Kier molecular flexibility index (Phi) is 5.18. The Balaban J connectivity index is 1.76. The Morgan fingerprint density at radius 2 is 1.78 bits per heavy atom. The van der Waals surface area contributed by atoms with Crippen molar-refractivity contribution in [3.63, 3.8) is 0 Å². The van der Waals surface area contributed by atoms with Gasteiger partial charge in [-0.3, -0.25) is 4.90 Å². The minimum Gasteiger partial charge on any atom is -0.396 e. The lowest BCUT2D eigenvalue weighted by molar-refractivity contribution is 0.138. The van der Waals surface area contributed by atoms with Gasteiger partial charge >= 0.3 is 0 Å². The fourth-order valence-corrected chi connectivity index (χ4v) is 5.69. The fourth-order valence-electron chi connectivity index (χ4n) is 4.47. The van der Waals surface area contributed by atoms with Gasteiger partial charge in [0.1, 0.15) is 0 Å². The van der Waals surface area contributed by atoms with Crippen LogP contribution in [0.5, 0.6) is 0 Å². The van der Waals surface area contributed by atoms with Crippen molar-refractivity contribution in [2.45, 2.75) is 31.2 Å². The van der Waals surface area contributed by atoms with Crippen molar-refractivity contribution in [3.8, 4) is 0 Å². The molecule has 1 heterocycles. The summed E-state index contributed by atoms with van der Waals surface area (Å²) in [7, 11) is 4.39. The number of thiophene rings is 1. The molecule has 1 atom stereocenters. The summed E-state index contributed by atoms with van der Waals surface area (Å²) in [4.78, 5) is 3.71. The average Bonchev–Trinajstić information content (AvgIpc) is 3.07. The van der Waals surface area contributed by atoms with Gasteiger partial charge in [-0.1, -0.05) is 54.6 Å². The van der Waals surface area contributed by atoms with Gasteiger partial charge in [0.25, 0.3) is 0 Å². The number of nitrogens with zero attached hydrogens (tertiary/aromatic N) is 1. The monoisotopic (exact) mass is 377 g/mol. The first-order valence-electron chi connectivity index (χ1n) is 9.69. The van der Waals surface area contributed by atoms with Crippen molar-refractivity contribution in [2.75, 3.05) is 20.7 Å². The molecule has 0 aliphatic heterocycles. The first-order chi connectivity index (χ1) is 13.2. The number of hydrogen-bond acceptors (Lipinski definition) is 3. The van der Waals surface area contributed by atoms with Crippen LogP contribution in [0.4, 0.5) is 0 Å².